The molecule has 2 aromatic carbocycles. The van der Waals surface area contributed by atoms with E-state index in [1.807, 2.05) is 42.5 Å². The van der Waals surface area contributed by atoms with Gasteiger partial charge in [-0.05, 0) is 35.6 Å². The van der Waals surface area contributed by atoms with Gasteiger partial charge in [0.05, 0.1) is 5.75 Å². The molecule has 1 fully saturated rings. The minimum absolute atomic E-state index is 0.0744. The molecule has 0 unspecified atom stereocenters. The molecule has 8 heteroatoms. The largest absolute Gasteiger partial charge is 0.484 e. The quantitative estimate of drug-likeness (QED) is 0.543. The van der Waals surface area contributed by atoms with Gasteiger partial charge >= 0.3 is 0 Å². The predicted octanol–water partition coefficient (Wildman–Crippen LogP) is 2.50. The SMILES string of the molecule is CC(C)c1ccc(OCC(=O)NCCS(=O)(=O)N2CCN(CCc3ccccc3)CC2)cc1. The molecule has 7 nitrogen and oxygen atoms in total. The number of rotatable bonds is 11. The van der Waals surface area contributed by atoms with Crippen LogP contribution in [0.15, 0.2) is 54.6 Å². The molecular weight excluding hydrogens is 438 g/mol. The van der Waals surface area contributed by atoms with Gasteiger partial charge in [-0.15, -0.1) is 0 Å². The van der Waals surface area contributed by atoms with Crippen LogP contribution in [-0.4, -0.2) is 75.2 Å². The number of piperazine rings is 1. The summed E-state index contributed by atoms with van der Waals surface area (Å²) in [5.41, 5.74) is 2.49. The van der Waals surface area contributed by atoms with Crippen LogP contribution in [-0.2, 0) is 21.2 Å². The molecule has 0 bridgehead atoms. The number of carbonyl (C=O) groups excluding carboxylic acids is 1. The first-order valence-corrected chi connectivity index (χ1v) is 13.2. The number of amides is 1. The molecule has 0 radical (unpaired) electrons. The summed E-state index contributed by atoms with van der Waals surface area (Å²) in [7, 11) is -3.40. The van der Waals surface area contributed by atoms with Crippen LogP contribution >= 0.6 is 0 Å². The minimum Gasteiger partial charge on any atom is -0.484 e. The highest BCUT2D eigenvalue weighted by molar-refractivity contribution is 7.89. The van der Waals surface area contributed by atoms with E-state index in [1.165, 1.54) is 15.4 Å². The van der Waals surface area contributed by atoms with Crippen molar-refractivity contribution in [3.63, 3.8) is 0 Å². The second-order valence-electron chi connectivity index (χ2n) is 8.65. The van der Waals surface area contributed by atoms with Crippen molar-refractivity contribution < 1.29 is 17.9 Å². The van der Waals surface area contributed by atoms with Crippen molar-refractivity contribution in [3.8, 4) is 5.75 Å². The number of nitrogens with zero attached hydrogens (tertiary/aromatic N) is 2. The summed E-state index contributed by atoms with van der Waals surface area (Å²) in [6, 6.07) is 17.9. The predicted molar refractivity (Wildman–Crippen MR) is 131 cm³/mol. The van der Waals surface area contributed by atoms with E-state index in [9.17, 15) is 13.2 Å². The van der Waals surface area contributed by atoms with Gasteiger partial charge in [-0.25, -0.2) is 8.42 Å². The van der Waals surface area contributed by atoms with Crippen LogP contribution in [0, 0.1) is 0 Å². The molecular formula is C25H35N3O4S. The molecule has 0 saturated carbocycles. The Hall–Kier alpha value is -2.42. The Balaban J connectivity index is 1.33. The zero-order valence-corrected chi connectivity index (χ0v) is 20.4. The highest BCUT2D eigenvalue weighted by Crippen LogP contribution is 2.18. The topological polar surface area (TPSA) is 78.9 Å². The lowest BCUT2D eigenvalue weighted by molar-refractivity contribution is -0.122. The molecule has 3 rings (SSSR count). The number of nitrogens with one attached hydrogen (secondary N) is 1. The molecule has 2 aromatic rings. The zero-order valence-electron chi connectivity index (χ0n) is 19.6. The first-order chi connectivity index (χ1) is 15.8. The summed E-state index contributed by atoms with van der Waals surface area (Å²) in [5.74, 6) is 0.615. The maximum Gasteiger partial charge on any atom is 0.257 e. The Morgan fingerprint density at radius 2 is 1.67 bits per heavy atom. The minimum atomic E-state index is -3.40. The number of sulfonamides is 1. The molecule has 1 saturated heterocycles. The summed E-state index contributed by atoms with van der Waals surface area (Å²) in [6.45, 7) is 7.51. The van der Waals surface area contributed by atoms with E-state index >= 15 is 0 Å². The van der Waals surface area contributed by atoms with E-state index in [1.54, 1.807) is 0 Å². The fourth-order valence-corrected chi connectivity index (χ4v) is 5.10. The van der Waals surface area contributed by atoms with Gasteiger partial charge in [-0.3, -0.25) is 4.79 Å². The van der Waals surface area contributed by atoms with Crippen molar-refractivity contribution in [2.75, 3.05) is 51.6 Å². The maximum atomic E-state index is 12.6. The highest BCUT2D eigenvalue weighted by atomic mass is 32.2. The Labute approximate surface area is 197 Å². The Morgan fingerprint density at radius 3 is 2.30 bits per heavy atom. The molecule has 33 heavy (non-hydrogen) atoms. The van der Waals surface area contributed by atoms with Crippen molar-refractivity contribution >= 4 is 15.9 Å². The van der Waals surface area contributed by atoms with Crippen LogP contribution < -0.4 is 10.1 Å². The second-order valence-corrected chi connectivity index (χ2v) is 10.7. The normalized spacial score (nSPS) is 15.5. The molecule has 1 aliphatic heterocycles. The van der Waals surface area contributed by atoms with Crippen molar-refractivity contribution in [3.05, 3.63) is 65.7 Å². The summed E-state index contributed by atoms with van der Waals surface area (Å²) in [5, 5.41) is 2.64. The highest BCUT2D eigenvalue weighted by Gasteiger charge is 2.26. The van der Waals surface area contributed by atoms with Crippen LogP contribution in [0.2, 0.25) is 0 Å². The third kappa shape index (κ3) is 8.14. The number of benzene rings is 2. The average Bonchev–Trinajstić information content (AvgIpc) is 2.82. The zero-order chi connectivity index (χ0) is 23.7. The van der Waals surface area contributed by atoms with Crippen molar-refractivity contribution in [1.82, 2.24) is 14.5 Å². The fraction of sp³-hybridized carbons (Fsp3) is 0.480. The van der Waals surface area contributed by atoms with Crippen molar-refractivity contribution in [2.45, 2.75) is 26.2 Å². The van der Waals surface area contributed by atoms with E-state index in [0.29, 0.717) is 24.8 Å². The lowest BCUT2D eigenvalue weighted by Gasteiger charge is -2.34. The van der Waals surface area contributed by atoms with Gasteiger partial charge in [0.15, 0.2) is 6.61 Å². The van der Waals surface area contributed by atoms with Gasteiger partial charge in [-0.2, -0.15) is 4.31 Å². The third-order valence-corrected chi connectivity index (χ3v) is 7.76. The molecule has 1 aliphatic rings. The molecule has 0 aromatic heterocycles. The van der Waals surface area contributed by atoms with Gasteiger partial charge in [-0.1, -0.05) is 56.3 Å². The summed E-state index contributed by atoms with van der Waals surface area (Å²) >= 11 is 0. The van der Waals surface area contributed by atoms with Crippen molar-refractivity contribution in [1.29, 1.82) is 0 Å². The second kappa shape index (κ2) is 12.2. The lowest BCUT2D eigenvalue weighted by Crippen LogP contribution is -2.50. The molecule has 0 aliphatic carbocycles. The van der Waals surface area contributed by atoms with Crippen LogP contribution in [0.1, 0.15) is 30.9 Å². The van der Waals surface area contributed by atoms with Crippen LogP contribution in [0.3, 0.4) is 0 Å². The lowest BCUT2D eigenvalue weighted by atomic mass is 10.0. The number of ether oxygens (including phenoxy) is 1. The van der Waals surface area contributed by atoms with E-state index in [2.05, 4.69) is 36.2 Å². The van der Waals surface area contributed by atoms with Crippen LogP contribution in [0.4, 0.5) is 0 Å². The van der Waals surface area contributed by atoms with Gasteiger partial charge in [0, 0.05) is 39.3 Å². The van der Waals surface area contributed by atoms with E-state index < -0.39 is 10.0 Å². The Morgan fingerprint density at radius 1 is 1.00 bits per heavy atom. The maximum absolute atomic E-state index is 12.6. The first kappa shape index (κ1) is 25.2. The summed E-state index contributed by atoms with van der Waals surface area (Å²) in [4.78, 5) is 14.3. The van der Waals surface area contributed by atoms with E-state index in [0.717, 1.165) is 26.1 Å². The molecule has 0 spiro atoms. The molecule has 1 heterocycles. The smallest absolute Gasteiger partial charge is 0.257 e. The monoisotopic (exact) mass is 473 g/mol. The number of carbonyl (C=O) groups is 1. The Bertz CT molecular complexity index is 970. The van der Waals surface area contributed by atoms with E-state index in [-0.39, 0.29) is 24.8 Å². The fourth-order valence-electron chi connectivity index (χ4n) is 3.76. The Kier molecular flexibility index (Phi) is 9.29. The van der Waals surface area contributed by atoms with Gasteiger partial charge < -0.3 is 15.0 Å². The molecule has 180 valence electrons. The summed E-state index contributed by atoms with van der Waals surface area (Å²) < 4.78 is 32.3. The molecule has 0 atom stereocenters. The standard InChI is InChI=1S/C25H35N3O4S/c1-21(2)23-8-10-24(11-9-23)32-20-25(29)26-13-19-33(30,31)28-17-15-27(16-18-28)14-12-22-6-4-3-5-7-22/h3-11,21H,12-20H2,1-2H3,(H,26,29). The number of hydrogen-bond donors (Lipinski definition) is 1. The van der Waals surface area contributed by atoms with Gasteiger partial charge in [0.1, 0.15) is 5.75 Å². The van der Waals surface area contributed by atoms with Crippen molar-refractivity contribution in [2.24, 2.45) is 0 Å². The van der Waals surface area contributed by atoms with Crippen LogP contribution in [0.5, 0.6) is 5.75 Å². The van der Waals surface area contributed by atoms with Gasteiger partial charge in [0.2, 0.25) is 10.0 Å². The number of hydrogen-bond acceptors (Lipinski definition) is 5. The third-order valence-electron chi connectivity index (χ3n) is 5.88. The first-order valence-electron chi connectivity index (χ1n) is 11.6. The summed E-state index contributed by atoms with van der Waals surface area (Å²) in [6.07, 6.45) is 0.962. The molecule has 1 amide bonds. The van der Waals surface area contributed by atoms with Gasteiger partial charge in [0.25, 0.3) is 5.91 Å². The average molecular weight is 474 g/mol. The van der Waals surface area contributed by atoms with E-state index in [4.69, 9.17) is 4.74 Å². The molecule has 1 N–H and O–H groups in total. The van der Waals surface area contributed by atoms with Crippen LogP contribution in [0.25, 0.3) is 0 Å².